The van der Waals surface area contributed by atoms with Gasteiger partial charge in [0.1, 0.15) is 5.69 Å². The fourth-order valence-electron chi connectivity index (χ4n) is 2.37. The molecule has 3 N–H and O–H groups in total. The summed E-state index contributed by atoms with van der Waals surface area (Å²) in [7, 11) is 1.83. The van der Waals surface area contributed by atoms with Crippen molar-refractivity contribution in [3.05, 3.63) is 68.7 Å². The number of nitrogens with one attached hydrogen (secondary N) is 3. The number of nitrogens with zero attached hydrogens (tertiary/aromatic N) is 1. The highest BCUT2D eigenvalue weighted by atomic mass is 35.5. The molecule has 0 bridgehead atoms. The molecule has 0 aromatic heterocycles. The largest absolute Gasteiger partial charge is 0.375 e. The summed E-state index contributed by atoms with van der Waals surface area (Å²) in [4.78, 5) is 23.0. The van der Waals surface area contributed by atoms with Gasteiger partial charge in [0, 0.05) is 29.7 Å². The summed E-state index contributed by atoms with van der Waals surface area (Å²) in [5.74, 6) is -0.332. The molecule has 2 aromatic rings. The quantitative estimate of drug-likeness (QED) is 0.355. The zero-order valence-electron chi connectivity index (χ0n) is 14.4. The van der Waals surface area contributed by atoms with Gasteiger partial charge in [-0.2, -0.15) is 0 Å². The standard InChI is InChI=1S/C18H21ClN4O3/c1-20-9-4-10-21-18(24)13-7-8-16(17(11-13)23(25)26)22-12-14-5-2-3-6-15(14)19/h2-3,5-8,11,20,22H,4,9-10,12H2,1H3,(H,21,24). The van der Waals surface area contributed by atoms with E-state index in [9.17, 15) is 14.9 Å². The van der Waals surface area contributed by atoms with Gasteiger partial charge in [0.2, 0.25) is 0 Å². The Kier molecular flexibility index (Phi) is 7.37. The molecule has 0 aliphatic rings. The fraction of sp³-hybridized carbons (Fsp3) is 0.278. The van der Waals surface area contributed by atoms with Gasteiger partial charge in [-0.15, -0.1) is 0 Å². The number of hydrogen-bond donors (Lipinski definition) is 3. The van der Waals surface area contributed by atoms with E-state index in [1.807, 2.05) is 25.2 Å². The van der Waals surface area contributed by atoms with Crippen molar-refractivity contribution in [2.24, 2.45) is 0 Å². The van der Waals surface area contributed by atoms with Gasteiger partial charge < -0.3 is 16.0 Å². The van der Waals surface area contributed by atoms with Gasteiger partial charge in [-0.3, -0.25) is 14.9 Å². The minimum atomic E-state index is -0.507. The van der Waals surface area contributed by atoms with Crippen LogP contribution >= 0.6 is 11.6 Å². The minimum Gasteiger partial charge on any atom is -0.375 e. The van der Waals surface area contributed by atoms with E-state index in [0.29, 0.717) is 23.8 Å². The predicted octanol–water partition coefficient (Wildman–Crippen LogP) is 3.20. The van der Waals surface area contributed by atoms with Crippen LogP contribution in [0.4, 0.5) is 11.4 Å². The molecule has 8 heteroatoms. The second-order valence-corrected chi connectivity index (χ2v) is 6.05. The van der Waals surface area contributed by atoms with E-state index in [2.05, 4.69) is 16.0 Å². The topological polar surface area (TPSA) is 96.3 Å². The van der Waals surface area contributed by atoms with Gasteiger partial charge in [-0.1, -0.05) is 29.8 Å². The van der Waals surface area contributed by atoms with Gasteiger partial charge in [0.25, 0.3) is 11.6 Å². The number of amides is 1. The Morgan fingerprint density at radius 1 is 1.19 bits per heavy atom. The van der Waals surface area contributed by atoms with E-state index < -0.39 is 4.92 Å². The van der Waals surface area contributed by atoms with E-state index in [1.54, 1.807) is 12.1 Å². The molecule has 0 spiro atoms. The molecule has 2 aromatic carbocycles. The van der Waals surface area contributed by atoms with Crippen molar-refractivity contribution >= 4 is 28.9 Å². The number of nitro benzene ring substituents is 1. The van der Waals surface area contributed by atoms with Crippen LogP contribution in [0.2, 0.25) is 5.02 Å². The molecule has 0 aliphatic carbocycles. The number of hydrogen-bond acceptors (Lipinski definition) is 5. The lowest BCUT2D eigenvalue weighted by atomic mass is 10.1. The lowest BCUT2D eigenvalue weighted by Gasteiger charge is -2.10. The van der Waals surface area contributed by atoms with Crippen molar-refractivity contribution in [2.75, 3.05) is 25.5 Å². The number of rotatable bonds is 9. The van der Waals surface area contributed by atoms with Crippen LogP contribution in [-0.2, 0) is 6.54 Å². The van der Waals surface area contributed by atoms with Crippen molar-refractivity contribution in [3.63, 3.8) is 0 Å². The molecule has 0 heterocycles. The summed E-state index contributed by atoms with van der Waals surface area (Å²) in [5.41, 5.74) is 1.26. The number of nitro groups is 1. The molecule has 0 fully saturated rings. The molecule has 0 atom stereocenters. The Morgan fingerprint density at radius 3 is 2.65 bits per heavy atom. The number of anilines is 1. The number of carbonyl (C=O) groups is 1. The molecule has 26 heavy (non-hydrogen) atoms. The molecule has 0 unspecified atom stereocenters. The number of halogens is 1. The fourth-order valence-corrected chi connectivity index (χ4v) is 2.58. The zero-order valence-corrected chi connectivity index (χ0v) is 15.2. The van der Waals surface area contributed by atoms with Crippen LogP contribution in [-0.4, -0.2) is 31.0 Å². The van der Waals surface area contributed by atoms with Gasteiger partial charge >= 0.3 is 0 Å². The van der Waals surface area contributed by atoms with Crippen LogP contribution in [0.3, 0.4) is 0 Å². The van der Waals surface area contributed by atoms with Gasteiger partial charge in [-0.25, -0.2) is 0 Å². The summed E-state index contributed by atoms with van der Waals surface area (Å²) in [6.45, 7) is 1.63. The van der Waals surface area contributed by atoms with E-state index in [1.165, 1.54) is 12.1 Å². The van der Waals surface area contributed by atoms with Crippen LogP contribution in [0.25, 0.3) is 0 Å². The summed E-state index contributed by atoms with van der Waals surface area (Å²) in [6, 6.07) is 11.6. The normalized spacial score (nSPS) is 10.4. The van der Waals surface area contributed by atoms with Crippen molar-refractivity contribution in [1.82, 2.24) is 10.6 Å². The molecule has 0 saturated heterocycles. The first kappa shape index (κ1) is 19.7. The highest BCUT2D eigenvalue weighted by Gasteiger charge is 2.17. The third-order valence-electron chi connectivity index (χ3n) is 3.77. The third kappa shape index (κ3) is 5.44. The first-order valence-corrected chi connectivity index (χ1v) is 8.59. The Labute approximate surface area is 156 Å². The second kappa shape index (κ2) is 9.74. The van der Waals surface area contributed by atoms with E-state index in [-0.39, 0.29) is 17.2 Å². The Balaban J connectivity index is 2.09. The lowest BCUT2D eigenvalue weighted by molar-refractivity contribution is -0.384. The van der Waals surface area contributed by atoms with Crippen molar-refractivity contribution in [3.8, 4) is 0 Å². The van der Waals surface area contributed by atoms with Crippen LogP contribution in [0, 0.1) is 10.1 Å². The van der Waals surface area contributed by atoms with Crippen molar-refractivity contribution < 1.29 is 9.72 Å². The van der Waals surface area contributed by atoms with E-state index >= 15 is 0 Å². The highest BCUT2D eigenvalue weighted by Crippen LogP contribution is 2.27. The Morgan fingerprint density at radius 2 is 1.96 bits per heavy atom. The Hall–Kier alpha value is -2.64. The predicted molar refractivity (Wildman–Crippen MR) is 103 cm³/mol. The second-order valence-electron chi connectivity index (χ2n) is 5.65. The van der Waals surface area contributed by atoms with Crippen LogP contribution in [0.5, 0.6) is 0 Å². The molecule has 138 valence electrons. The average molecular weight is 377 g/mol. The van der Waals surface area contributed by atoms with Crippen molar-refractivity contribution in [2.45, 2.75) is 13.0 Å². The maximum Gasteiger partial charge on any atom is 0.293 e. The molecule has 1 amide bonds. The van der Waals surface area contributed by atoms with Gasteiger partial charge in [0.05, 0.1) is 4.92 Å². The van der Waals surface area contributed by atoms with Gasteiger partial charge in [-0.05, 0) is 43.8 Å². The zero-order chi connectivity index (χ0) is 18.9. The first-order valence-electron chi connectivity index (χ1n) is 8.21. The minimum absolute atomic E-state index is 0.153. The van der Waals surface area contributed by atoms with Crippen molar-refractivity contribution in [1.29, 1.82) is 0 Å². The Bertz CT molecular complexity index is 783. The lowest BCUT2D eigenvalue weighted by Crippen LogP contribution is -2.26. The number of carbonyl (C=O) groups excluding carboxylic acids is 1. The summed E-state index contributed by atoms with van der Waals surface area (Å²) >= 11 is 6.10. The average Bonchev–Trinajstić information content (AvgIpc) is 2.64. The van der Waals surface area contributed by atoms with Crippen LogP contribution in [0.1, 0.15) is 22.3 Å². The molecule has 2 rings (SSSR count). The van der Waals surface area contributed by atoms with E-state index in [4.69, 9.17) is 11.6 Å². The molecular weight excluding hydrogens is 356 g/mol. The smallest absolute Gasteiger partial charge is 0.293 e. The summed E-state index contributed by atoms with van der Waals surface area (Å²) in [6.07, 6.45) is 0.780. The molecule has 0 saturated carbocycles. The number of benzene rings is 2. The monoisotopic (exact) mass is 376 g/mol. The SMILES string of the molecule is CNCCCNC(=O)c1ccc(NCc2ccccc2Cl)c([N+](=O)[O-])c1. The highest BCUT2D eigenvalue weighted by molar-refractivity contribution is 6.31. The maximum absolute atomic E-state index is 12.1. The summed E-state index contributed by atoms with van der Waals surface area (Å²) < 4.78 is 0. The van der Waals surface area contributed by atoms with Gasteiger partial charge in [0.15, 0.2) is 0 Å². The third-order valence-corrected chi connectivity index (χ3v) is 4.14. The molecule has 7 nitrogen and oxygen atoms in total. The van der Waals surface area contributed by atoms with E-state index in [0.717, 1.165) is 18.5 Å². The summed E-state index contributed by atoms with van der Waals surface area (Å²) in [5, 5.41) is 20.7. The molecule has 0 aliphatic heterocycles. The van der Waals surface area contributed by atoms with Crippen LogP contribution in [0.15, 0.2) is 42.5 Å². The maximum atomic E-state index is 12.1. The van der Waals surface area contributed by atoms with Crippen LogP contribution < -0.4 is 16.0 Å². The molecule has 0 radical (unpaired) electrons. The molecular formula is C18H21ClN4O3. The first-order chi connectivity index (χ1) is 12.5.